The predicted molar refractivity (Wildman–Crippen MR) is 46.3 cm³/mol. The van der Waals surface area contributed by atoms with Gasteiger partial charge in [0, 0.05) is 0 Å². The molecule has 4 nitrogen and oxygen atoms in total. The first-order chi connectivity index (χ1) is 6.11. The Labute approximate surface area is 79.2 Å². The lowest BCUT2D eigenvalue weighted by Gasteiger charge is -2.02. The van der Waals surface area contributed by atoms with Crippen LogP contribution in [0.3, 0.4) is 0 Å². The Morgan fingerprint density at radius 3 is 2.46 bits per heavy atom. The summed E-state index contributed by atoms with van der Waals surface area (Å²) in [5, 5.41) is 0.247. The lowest BCUT2D eigenvalue weighted by molar-refractivity contribution is -0.146. The molecular weight excluding hydrogens is 194 g/mol. The molecule has 2 N–H and O–H groups in total. The maximum Gasteiger partial charge on any atom is 0.402 e. The highest BCUT2D eigenvalue weighted by atomic mass is 35.5. The van der Waals surface area contributed by atoms with E-state index in [1.807, 2.05) is 0 Å². The summed E-state index contributed by atoms with van der Waals surface area (Å²) in [5.74, 6) is -2.17. The van der Waals surface area contributed by atoms with E-state index in [1.165, 1.54) is 12.1 Å². The van der Waals surface area contributed by atoms with E-state index in [0.717, 1.165) is 0 Å². The number of benzene rings is 1. The molecule has 0 unspecified atom stereocenters. The first kappa shape index (κ1) is 9.54. The molecule has 0 aliphatic carbocycles. The van der Waals surface area contributed by atoms with Crippen LogP contribution in [-0.2, 0) is 9.59 Å². The van der Waals surface area contributed by atoms with Crippen LogP contribution in [0.1, 0.15) is 0 Å². The number of rotatable bonds is 1. The minimum atomic E-state index is -1.15. The molecule has 0 radical (unpaired) electrons. The zero-order valence-electron chi connectivity index (χ0n) is 6.49. The predicted octanol–water partition coefficient (Wildman–Crippen LogP) is 0.731. The molecule has 0 aliphatic heterocycles. The molecule has 0 aliphatic rings. The maximum absolute atomic E-state index is 10.7. The van der Waals surface area contributed by atoms with Gasteiger partial charge in [-0.25, -0.2) is 4.79 Å². The SMILES string of the molecule is NC(=O)C(=O)Oc1ccccc1Cl. The third kappa shape index (κ3) is 2.45. The van der Waals surface area contributed by atoms with Gasteiger partial charge in [0.2, 0.25) is 0 Å². The number of nitrogens with two attached hydrogens (primary N) is 1. The zero-order chi connectivity index (χ0) is 9.84. The van der Waals surface area contributed by atoms with Crippen molar-refractivity contribution in [3.05, 3.63) is 29.3 Å². The molecule has 0 fully saturated rings. The molecule has 1 rings (SSSR count). The summed E-state index contributed by atoms with van der Waals surface area (Å²) in [4.78, 5) is 21.0. The van der Waals surface area contributed by atoms with Gasteiger partial charge in [-0.3, -0.25) is 4.79 Å². The van der Waals surface area contributed by atoms with E-state index >= 15 is 0 Å². The van der Waals surface area contributed by atoms with Crippen LogP contribution in [0, 0.1) is 0 Å². The van der Waals surface area contributed by atoms with E-state index in [1.54, 1.807) is 12.1 Å². The van der Waals surface area contributed by atoms with Gasteiger partial charge in [-0.05, 0) is 12.1 Å². The number of carbonyl (C=O) groups excluding carboxylic acids is 2. The van der Waals surface area contributed by atoms with Gasteiger partial charge in [-0.2, -0.15) is 0 Å². The van der Waals surface area contributed by atoms with Gasteiger partial charge in [0.25, 0.3) is 0 Å². The number of primary amides is 1. The molecule has 0 saturated carbocycles. The molecule has 0 spiro atoms. The molecule has 0 heterocycles. The van der Waals surface area contributed by atoms with Crippen molar-refractivity contribution in [2.45, 2.75) is 0 Å². The van der Waals surface area contributed by atoms with Crippen molar-refractivity contribution in [3.63, 3.8) is 0 Å². The van der Waals surface area contributed by atoms with Crippen LogP contribution < -0.4 is 10.5 Å². The molecule has 0 aromatic heterocycles. The van der Waals surface area contributed by atoms with E-state index in [4.69, 9.17) is 11.6 Å². The lowest BCUT2D eigenvalue weighted by atomic mass is 10.3. The topological polar surface area (TPSA) is 69.4 Å². The van der Waals surface area contributed by atoms with Crippen molar-refractivity contribution in [2.24, 2.45) is 5.73 Å². The number of hydrogen-bond donors (Lipinski definition) is 1. The molecule has 1 aromatic rings. The Bertz CT molecular complexity index is 351. The van der Waals surface area contributed by atoms with Crippen LogP contribution >= 0.6 is 11.6 Å². The zero-order valence-corrected chi connectivity index (χ0v) is 7.25. The van der Waals surface area contributed by atoms with Crippen LogP contribution in [0.4, 0.5) is 0 Å². The molecule has 68 valence electrons. The van der Waals surface area contributed by atoms with Crippen molar-refractivity contribution < 1.29 is 14.3 Å². The van der Waals surface area contributed by atoms with E-state index in [0.29, 0.717) is 0 Å². The summed E-state index contributed by atoms with van der Waals surface area (Å²) in [6.07, 6.45) is 0. The normalized spacial score (nSPS) is 9.31. The van der Waals surface area contributed by atoms with Gasteiger partial charge >= 0.3 is 11.9 Å². The van der Waals surface area contributed by atoms with Gasteiger partial charge in [0.15, 0.2) is 0 Å². The number of halogens is 1. The molecule has 5 heteroatoms. The highest BCUT2D eigenvalue weighted by Crippen LogP contribution is 2.22. The molecule has 0 bridgehead atoms. The molecule has 13 heavy (non-hydrogen) atoms. The average Bonchev–Trinajstić information content (AvgIpc) is 2.08. The lowest BCUT2D eigenvalue weighted by Crippen LogP contribution is -2.27. The minimum absolute atomic E-state index is 0.118. The maximum atomic E-state index is 10.7. The van der Waals surface area contributed by atoms with Gasteiger partial charge in [0.05, 0.1) is 5.02 Å². The van der Waals surface area contributed by atoms with E-state index in [-0.39, 0.29) is 10.8 Å². The third-order valence-corrected chi connectivity index (χ3v) is 1.55. The fourth-order valence-corrected chi connectivity index (χ4v) is 0.852. The fraction of sp³-hybridized carbons (Fsp3) is 0. The Morgan fingerprint density at radius 1 is 1.31 bits per heavy atom. The Hall–Kier alpha value is -1.55. The van der Waals surface area contributed by atoms with Crippen molar-refractivity contribution in [2.75, 3.05) is 0 Å². The molecule has 1 amide bonds. The third-order valence-electron chi connectivity index (χ3n) is 1.24. The van der Waals surface area contributed by atoms with Crippen LogP contribution in [0.15, 0.2) is 24.3 Å². The Balaban J connectivity index is 2.81. The number of carbonyl (C=O) groups is 2. The van der Waals surface area contributed by atoms with Crippen LogP contribution in [0.5, 0.6) is 5.75 Å². The van der Waals surface area contributed by atoms with Crippen LogP contribution in [-0.4, -0.2) is 11.9 Å². The quantitative estimate of drug-likeness (QED) is 0.412. The summed E-state index contributed by atoms with van der Waals surface area (Å²) in [5.41, 5.74) is 4.68. The Morgan fingerprint density at radius 2 is 1.92 bits per heavy atom. The van der Waals surface area contributed by atoms with Crippen LogP contribution in [0.2, 0.25) is 5.02 Å². The van der Waals surface area contributed by atoms with Crippen LogP contribution in [0.25, 0.3) is 0 Å². The standard InChI is InChI=1S/C8H6ClNO3/c9-5-3-1-2-4-6(5)13-8(12)7(10)11/h1-4H,(H2,10,11). The van der Waals surface area contributed by atoms with Crippen molar-refractivity contribution in [1.82, 2.24) is 0 Å². The first-order valence-corrected chi connectivity index (χ1v) is 3.75. The second kappa shape index (κ2) is 3.91. The number of amides is 1. The van der Waals surface area contributed by atoms with E-state index in [2.05, 4.69) is 10.5 Å². The number of hydrogen-bond acceptors (Lipinski definition) is 3. The molecular formula is C8H6ClNO3. The second-order valence-corrected chi connectivity index (χ2v) is 2.59. The molecule has 1 aromatic carbocycles. The second-order valence-electron chi connectivity index (χ2n) is 2.18. The molecule has 0 saturated heterocycles. The van der Waals surface area contributed by atoms with Crippen molar-refractivity contribution >= 4 is 23.5 Å². The summed E-state index contributed by atoms with van der Waals surface area (Å²) < 4.78 is 4.56. The highest BCUT2D eigenvalue weighted by Gasteiger charge is 2.12. The monoisotopic (exact) mass is 199 g/mol. The van der Waals surface area contributed by atoms with E-state index < -0.39 is 11.9 Å². The number of esters is 1. The van der Waals surface area contributed by atoms with Gasteiger partial charge in [-0.1, -0.05) is 23.7 Å². The summed E-state index contributed by atoms with van der Waals surface area (Å²) in [6, 6.07) is 6.29. The largest absolute Gasteiger partial charge is 0.418 e. The average molecular weight is 200 g/mol. The van der Waals surface area contributed by atoms with Gasteiger partial charge in [-0.15, -0.1) is 0 Å². The first-order valence-electron chi connectivity index (χ1n) is 3.37. The highest BCUT2D eigenvalue weighted by molar-refractivity contribution is 6.34. The Kier molecular flexibility index (Phi) is 2.87. The van der Waals surface area contributed by atoms with Gasteiger partial charge in [0.1, 0.15) is 5.75 Å². The summed E-state index contributed by atoms with van der Waals surface area (Å²) in [6.45, 7) is 0. The van der Waals surface area contributed by atoms with Crippen molar-refractivity contribution in [1.29, 1.82) is 0 Å². The van der Waals surface area contributed by atoms with E-state index in [9.17, 15) is 9.59 Å². The van der Waals surface area contributed by atoms with Crippen molar-refractivity contribution in [3.8, 4) is 5.75 Å². The van der Waals surface area contributed by atoms with Gasteiger partial charge < -0.3 is 10.5 Å². The summed E-state index contributed by atoms with van der Waals surface area (Å²) in [7, 11) is 0. The summed E-state index contributed by atoms with van der Waals surface area (Å²) >= 11 is 5.64. The number of para-hydroxylation sites is 1. The minimum Gasteiger partial charge on any atom is -0.418 e. The smallest absolute Gasteiger partial charge is 0.402 e. The number of ether oxygens (including phenoxy) is 1. The molecule has 0 atom stereocenters. The fourth-order valence-electron chi connectivity index (χ4n) is 0.678.